The fraction of sp³-hybridized carbons (Fsp3) is 0.375. The Kier molecular flexibility index (Phi) is 3.78. The van der Waals surface area contributed by atoms with Crippen molar-refractivity contribution in [2.75, 3.05) is 13.1 Å². The zero-order chi connectivity index (χ0) is 15.6. The first-order chi connectivity index (χ1) is 11.3. The molecule has 1 amide bonds. The monoisotopic (exact) mass is 327 g/mol. The van der Waals surface area contributed by atoms with Crippen LogP contribution in [0, 0.1) is 0 Å². The molecule has 3 aromatic rings. The van der Waals surface area contributed by atoms with Crippen LogP contribution in [0.3, 0.4) is 0 Å². The molecule has 1 aromatic carbocycles. The summed E-state index contributed by atoms with van der Waals surface area (Å²) >= 11 is 1.67. The molecule has 7 heteroatoms. The highest BCUT2D eigenvalue weighted by Crippen LogP contribution is 2.28. The highest BCUT2D eigenvalue weighted by Gasteiger charge is 2.26. The molecule has 1 saturated heterocycles. The molecule has 1 aliphatic heterocycles. The summed E-state index contributed by atoms with van der Waals surface area (Å²) in [5, 5.41) is 11.3. The van der Waals surface area contributed by atoms with Crippen LogP contribution in [0.25, 0.3) is 11.0 Å². The van der Waals surface area contributed by atoms with E-state index >= 15 is 0 Å². The molecule has 0 bridgehead atoms. The van der Waals surface area contributed by atoms with E-state index < -0.39 is 0 Å². The predicted molar refractivity (Wildman–Crippen MR) is 88.2 cm³/mol. The van der Waals surface area contributed by atoms with Crippen LogP contribution in [0.1, 0.15) is 23.8 Å². The van der Waals surface area contributed by atoms with Crippen molar-refractivity contribution in [2.45, 2.75) is 25.3 Å². The third-order valence-electron chi connectivity index (χ3n) is 4.28. The van der Waals surface area contributed by atoms with Gasteiger partial charge in [-0.05, 0) is 25.0 Å². The van der Waals surface area contributed by atoms with Gasteiger partial charge in [-0.15, -0.1) is 16.4 Å². The van der Waals surface area contributed by atoms with Crippen LogP contribution in [-0.4, -0.2) is 43.9 Å². The van der Waals surface area contributed by atoms with Gasteiger partial charge in [0.15, 0.2) is 0 Å². The zero-order valence-corrected chi connectivity index (χ0v) is 13.4. The lowest BCUT2D eigenvalue weighted by atomic mass is 9.99. The van der Waals surface area contributed by atoms with E-state index in [0.29, 0.717) is 5.92 Å². The Labute approximate surface area is 137 Å². The van der Waals surface area contributed by atoms with Crippen molar-refractivity contribution in [3.05, 3.63) is 40.8 Å². The van der Waals surface area contributed by atoms with E-state index in [1.807, 2.05) is 40.7 Å². The smallest absolute Gasteiger partial charge is 0.244 e. The Morgan fingerprint density at radius 3 is 3.13 bits per heavy atom. The third-order valence-corrected chi connectivity index (χ3v) is 5.22. The standard InChI is InChI=1S/C16H17N5OS/c22-15(11-21-14-6-2-1-5-13(14)18-19-21)20-8-3-4-12(10-20)16-17-7-9-23-16/h1-2,5-7,9,12H,3-4,8,10-11H2/t12-/m1/s1. The lowest BCUT2D eigenvalue weighted by molar-refractivity contribution is -0.133. The maximum Gasteiger partial charge on any atom is 0.244 e. The predicted octanol–water partition coefficient (Wildman–Crippen LogP) is 2.29. The van der Waals surface area contributed by atoms with Crippen molar-refractivity contribution in [2.24, 2.45) is 0 Å². The van der Waals surface area contributed by atoms with Crippen LogP contribution >= 0.6 is 11.3 Å². The quantitative estimate of drug-likeness (QED) is 0.740. The average molecular weight is 327 g/mol. The number of hydrogen-bond donors (Lipinski definition) is 0. The summed E-state index contributed by atoms with van der Waals surface area (Å²) in [7, 11) is 0. The molecule has 23 heavy (non-hydrogen) atoms. The van der Waals surface area contributed by atoms with Gasteiger partial charge in [-0.3, -0.25) is 4.79 Å². The van der Waals surface area contributed by atoms with E-state index in [4.69, 9.17) is 0 Å². The van der Waals surface area contributed by atoms with Crippen LogP contribution < -0.4 is 0 Å². The maximum atomic E-state index is 12.6. The minimum absolute atomic E-state index is 0.0990. The van der Waals surface area contributed by atoms with Gasteiger partial charge in [0.05, 0.1) is 10.5 Å². The van der Waals surface area contributed by atoms with Gasteiger partial charge in [-0.2, -0.15) is 0 Å². The van der Waals surface area contributed by atoms with E-state index in [1.54, 1.807) is 16.0 Å². The van der Waals surface area contributed by atoms with E-state index in [-0.39, 0.29) is 12.5 Å². The van der Waals surface area contributed by atoms with E-state index in [9.17, 15) is 4.79 Å². The van der Waals surface area contributed by atoms with Gasteiger partial charge < -0.3 is 4.90 Å². The van der Waals surface area contributed by atoms with E-state index in [1.165, 1.54) is 0 Å². The number of likely N-dealkylation sites (tertiary alicyclic amines) is 1. The van der Waals surface area contributed by atoms with Gasteiger partial charge in [0.1, 0.15) is 12.1 Å². The number of benzene rings is 1. The van der Waals surface area contributed by atoms with E-state index in [2.05, 4.69) is 15.3 Å². The molecule has 3 heterocycles. The molecule has 0 spiro atoms. The lowest BCUT2D eigenvalue weighted by Gasteiger charge is -2.31. The van der Waals surface area contributed by atoms with Crippen molar-refractivity contribution in [3.63, 3.8) is 0 Å². The minimum atomic E-state index is 0.0990. The second kappa shape index (κ2) is 6.08. The molecular formula is C16H17N5OS. The van der Waals surface area contributed by atoms with Crippen LogP contribution in [0.5, 0.6) is 0 Å². The first-order valence-corrected chi connectivity index (χ1v) is 8.64. The summed E-state index contributed by atoms with van der Waals surface area (Å²) in [6.07, 6.45) is 3.96. The summed E-state index contributed by atoms with van der Waals surface area (Å²) in [6.45, 7) is 1.80. The molecule has 0 unspecified atom stereocenters. The topological polar surface area (TPSA) is 63.9 Å². The van der Waals surface area contributed by atoms with Gasteiger partial charge in [0.2, 0.25) is 5.91 Å². The summed E-state index contributed by atoms with van der Waals surface area (Å²) < 4.78 is 1.69. The van der Waals surface area contributed by atoms with E-state index in [0.717, 1.165) is 42.0 Å². The maximum absolute atomic E-state index is 12.6. The number of carbonyl (C=O) groups excluding carboxylic acids is 1. The summed E-state index contributed by atoms with van der Waals surface area (Å²) in [5.74, 6) is 0.460. The molecule has 0 aliphatic carbocycles. The number of thiazole rings is 1. The Morgan fingerprint density at radius 1 is 1.35 bits per heavy atom. The average Bonchev–Trinajstić information content (AvgIpc) is 3.25. The van der Waals surface area contributed by atoms with Crippen LogP contribution in [0.15, 0.2) is 35.8 Å². The fourth-order valence-electron chi connectivity index (χ4n) is 3.10. The fourth-order valence-corrected chi connectivity index (χ4v) is 3.87. The van der Waals surface area contributed by atoms with Gasteiger partial charge in [-0.25, -0.2) is 9.67 Å². The lowest BCUT2D eigenvalue weighted by Crippen LogP contribution is -2.41. The molecule has 1 atom stereocenters. The molecule has 0 radical (unpaired) electrons. The van der Waals surface area contributed by atoms with Crippen molar-refractivity contribution in [1.29, 1.82) is 0 Å². The van der Waals surface area contributed by atoms with Gasteiger partial charge in [-0.1, -0.05) is 17.3 Å². The van der Waals surface area contributed by atoms with Crippen molar-refractivity contribution >= 4 is 28.3 Å². The second-order valence-electron chi connectivity index (χ2n) is 5.79. The zero-order valence-electron chi connectivity index (χ0n) is 12.6. The first-order valence-electron chi connectivity index (χ1n) is 7.76. The first kappa shape index (κ1) is 14.3. The molecular weight excluding hydrogens is 310 g/mol. The molecule has 1 aliphatic rings. The van der Waals surface area contributed by atoms with Crippen molar-refractivity contribution < 1.29 is 4.79 Å². The summed E-state index contributed by atoms with van der Waals surface area (Å²) in [5.41, 5.74) is 1.72. The SMILES string of the molecule is O=C(Cn1nnc2ccccc21)N1CCC[C@@H](c2nccs2)C1. The molecule has 4 rings (SSSR count). The molecule has 6 nitrogen and oxygen atoms in total. The van der Waals surface area contributed by atoms with Crippen LogP contribution in [-0.2, 0) is 11.3 Å². The normalized spacial score (nSPS) is 18.4. The number of rotatable bonds is 3. The third kappa shape index (κ3) is 2.84. The Balaban J connectivity index is 1.48. The van der Waals surface area contributed by atoms with Crippen molar-refractivity contribution in [3.8, 4) is 0 Å². The number of carbonyl (C=O) groups is 1. The van der Waals surface area contributed by atoms with Gasteiger partial charge in [0, 0.05) is 30.6 Å². The number of hydrogen-bond acceptors (Lipinski definition) is 5. The molecule has 0 saturated carbocycles. The number of para-hydroxylation sites is 1. The Morgan fingerprint density at radius 2 is 2.26 bits per heavy atom. The highest BCUT2D eigenvalue weighted by atomic mass is 32.1. The molecule has 0 N–H and O–H groups in total. The number of aromatic nitrogens is 4. The summed E-state index contributed by atoms with van der Waals surface area (Å²) in [6, 6.07) is 7.71. The Bertz CT molecular complexity index is 813. The Hall–Kier alpha value is -2.28. The van der Waals surface area contributed by atoms with Gasteiger partial charge in [0.25, 0.3) is 0 Å². The minimum Gasteiger partial charge on any atom is -0.340 e. The molecule has 1 fully saturated rings. The molecule has 118 valence electrons. The largest absolute Gasteiger partial charge is 0.340 e. The number of fused-ring (bicyclic) bond motifs is 1. The molecule has 2 aromatic heterocycles. The number of amides is 1. The number of nitrogens with zero attached hydrogens (tertiary/aromatic N) is 5. The summed E-state index contributed by atoms with van der Waals surface area (Å²) in [4.78, 5) is 19.0. The van der Waals surface area contributed by atoms with Crippen LogP contribution in [0.2, 0.25) is 0 Å². The number of piperidine rings is 1. The van der Waals surface area contributed by atoms with Gasteiger partial charge >= 0.3 is 0 Å². The van der Waals surface area contributed by atoms with Crippen LogP contribution in [0.4, 0.5) is 0 Å². The highest BCUT2D eigenvalue weighted by molar-refractivity contribution is 7.09. The van der Waals surface area contributed by atoms with Crippen molar-refractivity contribution in [1.82, 2.24) is 24.9 Å². The second-order valence-corrected chi connectivity index (χ2v) is 6.71.